The van der Waals surface area contributed by atoms with E-state index in [4.69, 9.17) is 4.74 Å². The molecule has 2 heterocycles. The maximum Gasteiger partial charge on any atom is 0.245 e. The molecule has 1 aromatic heterocycles. The first kappa shape index (κ1) is 14.7. The zero-order valence-electron chi connectivity index (χ0n) is 12.4. The van der Waals surface area contributed by atoms with Crippen LogP contribution in [-0.2, 0) is 9.53 Å². The molecule has 22 heavy (non-hydrogen) atoms. The van der Waals surface area contributed by atoms with Crippen LogP contribution in [0.15, 0.2) is 43.0 Å². The van der Waals surface area contributed by atoms with Crippen molar-refractivity contribution in [1.82, 2.24) is 14.5 Å². The van der Waals surface area contributed by atoms with Gasteiger partial charge in [0.1, 0.15) is 18.0 Å². The molecule has 1 aliphatic heterocycles. The molecule has 0 bridgehead atoms. The lowest BCUT2D eigenvalue weighted by Crippen LogP contribution is -2.44. The van der Waals surface area contributed by atoms with Crippen LogP contribution in [-0.4, -0.2) is 40.1 Å². The second-order valence-electron chi connectivity index (χ2n) is 5.38. The molecule has 1 aliphatic rings. The van der Waals surface area contributed by atoms with Gasteiger partial charge in [0, 0.05) is 18.9 Å². The van der Waals surface area contributed by atoms with E-state index in [2.05, 4.69) is 4.98 Å². The van der Waals surface area contributed by atoms with Crippen LogP contribution in [0.1, 0.15) is 24.6 Å². The maximum atomic E-state index is 13.0. The summed E-state index contributed by atoms with van der Waals surface area (Å²) in [6.45, 7) is 3.37. The summed E-state index contributed by atoms with van der Waals surface area (Å²) in [5, 5.41) is 0. The molecule has 3 rings (SSSR count). The predicted molar refractivity (Wildman–Crippen MR) is 78.6 cm³/mol. The number of ether oxygens (including phenoxy) is 1. The largest absolute Gasteiger partial charge is 0.370 e. The van der Waals surface area contributed by atoms with E-state index < -0.39 is 0 Å². The van der Waals surface area contributed by atoms with Crippen molar-refractivity contribution in [3.8, 4) is 0 Å². The van der Waals surface area contributed by atoms with Crippen molar-refractivity contribution < 1.29 is 13.9 Å². The number of carbonyl (C=O) groups is 1. The number of amides is 1. The summed E-state index contributed by atoms with van der Waals surface area (Å²) in [5.41, 5.74) is 0.884. The lowest BCUT2D eigenvalue weighted by molar-refractivity contribution is -0.142. The van der Waals surface area contributed by atoms with E-state index in [0.29, 0.717) is 19.7 Å². The van der Waals surface area contributed by atoms with E-state index in [-0.39, 0.29) is 23.9 Å². The SMILES string of the molecule is C[C@H](C(=O)N1CCO[C@@H](c2ccc(F)cc2)C1)n1ccnc1. The molecule has 2 atom stereocenters. The summed E-state index contributed by atoms with van der Waals surface area (Å²) in [6, 6.07) is 5.93. The van der Waals surface area contributed by atoms with Crippen LogP contribution in [0, 0.1) is 5.82 Å². The fourth-order valence-corrected chi connectivity index (χ4v) is 2.62. The highest BCUT2D eigenvalue weighted by atomic mass is 19.1. The number of imidazole rings is 1. The molecule has 5 nitrogen and oxygen atoms in total. The Hall–Kier alpha value is -2.21. The number of nitrogens with zero attached hydrogens (tertiary/aromatic N) is 3. The van der Waals surface area contributed by atoms with E-state index in [0.717, 1.165) is 5.56 Å². The normalized spacial score (nSPS) is 19.9. The van der Waals surface area contributed by atoms with Gasteiger partial charge in [0.2, 0.25) is 5.91 Å². The maximum absolute atomic E-state index is 13.0. The molecule has 0 unspecified atom stereocenters. The zero-order chi connectivity index (χ0) is 15.5. The Morgan fingerprint density at radius 1 is 1.41 bits per heavy atom. The lowest BCUT2D eigenvalue weighted by Gasteiger charge is -2.34. The Morgan fingerprint density at radius 2 is 2.18 bits per heavy atom. The second-order valence-corrected chi connectivity index (χ2v) is 5.38. The summed E-state index contributed by atoms with van der Waals surface area (Å²) in [5.74, 6) is -0.241. The van der Waals surface area contributed by atoms with Crippen LogP contribution in [0.2, 0.25) is 0 Å². The third-order valence-electron chi connectivity index (χ3n) is 3.95. The van der Waals surface area contributed by atoms with Crippen LogP contribution in [0.3, 0.4) is 0 Å². The highest BCUT2D eigenvalue weighted by Crippen LogP contribution is 2.24. The number of rotatable bonds is 3. The highest BCUT2D eigenvalue weighted by Gasteiger charge is 2.28. The van der Waals surface area contributed by atoms with E-state index >= 15 is 0 Å². The molecule has 1 saturated heterocycles. The topological polar surface area (TPSA) is 47.4 Å². The quantitative estimate of drug-likeness (QED) is 0.873. The van der Waals surface area contributed by atoms with E-state index in [1.807, 2.05) is 6.92 Å². The van der Waals surface area contributed by atoms with E-state index in [1.54, 1.807) is 40.3 Å². The number of hydrogen-bond donors (Lipinski definition) is 0. The zero-order valence-corrected chi connectivity index (χ0v) is 12.4. The Kier molecular flexibility index (Phi) is 4.20. The molecule has 0 radical (unpaired) electrons. The van der Waals surface area contributed by atoms with Crippen molar-refractivity contribution in [1.29, 1.82) is 0 Å². The van der Waals surface area contributed by atoms with Gasteiger partial charge in [-0.2, -0.15) is 0 Å². The Morgan fingerprint density at radius 3 is 2.86 bits per heavy atom. The molecular weight excluding hydrogens is 285 g/mol. The summed E-state index contributed by atoms with van der Waals surface area (Å²) in [4.78, 5) is 18.4. The van der Waals surface area contributed by atoms with E-state index in [1.165, 1.54) is 12.1 Å². The second kappa shape index (κ2) is 6.27. The third-order valence-corrected chi connectivity index (χ3v) is 3.95. The molecule has 0 aliphatic carbocycles. The van der Waals surface area contributed by atoms with Gasteiger partial charge in [-0.05, 0) is 24.6 Å². The minimum absolute atomic E-state index is 0.0356. The third kappa shape index (κ3) is 3.01. The standard InChI is InChI=1S/C16H18FN3O2/c1-12(20-7-6-18-11-20)16(21)19-8-9-22-15(10-19)13-2-4-14(17)5-3-13/h2-7,11-12,15H,8-10H2,1H3/t12-,15-/m1/s1. The Balaban J connectivity index is 1.70. The predicted octanol–water partition coefficient (Wildman–Crippen LogP) is 2.18. The average molecular weight is 303 g/mol. The highest BCUT2D eigenvalue weighted by molar-refractivity contribution is 5.80. The minimum Gasteiger partial charge on any atom is -0.370 e. The Bertz CT molecular complexity index is 627. The summed E-state index contributed by atoms with van der Waals surface area (Å²) < 4.78 is 20.5. The van der Waals surface area contributed by atoms with Gasteiger partial charge >= 0.3 is 0 Å². The van der Waals surface area contributed by atoms with Crippen LogP contribution in [0.25, 0.3) is 0 Å². The first-order chi connectivity index (χ1) is 10.6. The Labute approximate surface area is 128 Å². The molecule has 1 amide bonds. The fraction of sp³-hybridized carbons (Fsp3) is 0.375. The van der Waals surface area contributed by atoms with Crippen molar-refractivity contribution in [3.05, 3.63) is 54.4 Å². The summed E-state index contributed by atoms with van der Waals surface area (Å²) >= 11 is 0. The van der Waals surface area contributed by atoms with E-state index in [9.17, 15) is 9.18 Å². The molecule has 116 valence electrons. The average Bonchev–Trinajstić information content (AvgIpc) is 3.09. The molecule has 1 aromatic carbocycles. The molecule has 6 heteroatoms. The number of halogens is 1. The summed E-state index contributed by atoms with van der Waals surface area (Å²) in [6.07, 6.45) is 4.86. The smallest absolute Gasteiger partial charge is 0.245 e. The van der Waals surface area contributed by atoms with Crippen molar-refractivity contribution in [2.45, 2.75) is 19.1 Å². The van der Waals surface area contributed by atoms with Crippen LogP contribution >= 0.6 is 0 Å². The number of carbonyl (C=O) groups excluding carboxylic acids is 1. The number of hydrogen-bond acceptors (Lipinski definition) is 3. The monoisotopic (exact) mass is 303 g/mol. The molecular formula is C16H18FN3O2. The number of aromatic nitrogens is 2. The van der Waals surface area contributed by atoms with Gasteiger partial charge in [-0.1, -0.05) is 12.1 Å². The van der Waals surface area contributed by atoms with Gasteiger partial charge in [-0.25, -0.2) is 9.37 Å². The van der Waals surface area contributed by atoms with Gasteiger partial charge in [-0.3, -0.25) is 4.79 Å². The van der Waals surface area contributed by atoms with Gasteiger partial charge in [-0.15, -0.1) is 0 Å². The molecule has 1 fully saturated rings. The summed E-state index contributed by atoms with van der Waals surface area (Å²) in [7, 11) is 0. The molecule has 0 spiro atoms. The lowest BCUT2D eigenvalue weighted by atomic mass is 10.1. The van der Waals surface area contributed by atoms with Gasteiger partial charge in [0.15, 0.2) is 0 Å². The van der Waals surface area contributed by atoms with Crippen molar-refractivity contribution in [3.63, 3.8) is 0 Å². The van der Waals surface area contributed by atoms with Gasteiger partial charge < -0.3 is 14.2 Å². The van der Waals surface area contributed by atoms with Crippen LogP contribution < -0.4 is 0 Å². The van der Waals surface area contributed by atoms with Crippen molar-refractivity contribution >= 4 is 5.91 Å². The van der Waals surface area contributed by atoms with Crippen molar-refractivity contribution in [2.24, 2.45) is 0 Å². The molecule has 2 aromatic rings. The number of morpholine rings is 1. The van der Waals surface area contributed by atoms with Gasteiger partial charge in [0.25, 0.3) is 0 Å². The van der Waals surface area contributed by atoms with Crippen LogP contribution in [0.5, 0.6) is 0 Å². The first-order valence-electron chi connectivity index (χ1n) is 7.28. The van der Waals surface area contributed by atoms with Gasteiger partial charge in [0.05, 0.1) is 19.5 Å². The number of benzene rings is 1. The van der Waals surface area contributed by atoms with Crippen LogP contribution in [0.4, 0.5) is 4.39 Å². The minimum atomic E-state index is -0.297. The molecule has 0 N–H and O–H groups in total. The first-order valence-corrected chi connectivity index (χ1v) is 7.28. The fourth-order valence-electron chi connectivity index (χ4n) is 2.62. The molecule has 0 saturated carbocycles. The van der Waals surface area contributed by atoms with Crippen molar-refractivity contribution in [2.75, 3.05) is 19.7 Å².